The highest BCUT2D eigenvalue weighted by Crippen LogP contribution is 2.25. The van der Waals surface area contributed by atoms with Crippen molar-refractivity contribution in [3.63, 3.8) is 0 Å². The number of hydrogen-bond acceptors (Lipinski definition) is 8. The van der Waals surface area contributed by atoms with Crippen LogP contribution in [0.4, 0.5) is 11.4 Å². The van der Waals surface area contributed by atoms with Gasteiger partial charge in [-0.25, -0.2) is 4.79 Å². The molecule has 10 heteroatoms. The van der Waals surface area contributed by atoms with Crippen LogP contribution in [0.2, 0.25) is 0 Å². The van der Waals surface area contributed by atoms with Crippen LogP contribution in [-0.4, -0.2) is 49.1 Å². The largest absolute Gasteiger partial charge is 0.466 e. The molecule has 0 unspecified atom stereocenters. The molecule has 0 spiro atoms. The van der Waals surface area contributed by atoms with Crippen molar-refractivity contribution >= 4 is 29.2 Å². The maximum atomic E-state index is 12.4. The van der Waals surface area contributed by atoms with Crippen molar-refractivity contribution in [1.29, 1.82) is 0 Å². The van der Waals surface area contributed by atoms with Gasteiger partial charge in [0.25, 0.3) is 11.6 Å². The minimum Gasteiger partial charge on any atom is -0.466 e. The lowest BCUT2D eigenvalue weighted by molar-refractivity contribution is -0.384. The second-order valence-electron chi connectivity index (χ2n) is 5.36. The highest BCUT2D eigenvalue weighted by Gasteiger charge is 2.25. The Hall–Kier alpha value is -3.17. The summed E-state index contributed by atoms with van der Waals surface area (Å²) in [6.45, 7) is 3.58. The summed E-state index contributed by atoms with van der Waals surface area (Å²) < 4.78 is 9.71. The van der Waals surface area contributed by atoms with Crippen molar-refractivity contribution in [3.05, 3.63) is 33.9 Å². The second kappa shape index (κ2) is 10.7. The number of carbonyl (C=O) groups excluding carboxylic acids is 3. The van der Waals surface area contributed by atoms with Crippen LogP contribution in [0.1, 0.15) is 37.0 Å². The summed E-state index contributed by atoms with van der Waals surface area (Å²) in [6, 6.07) is 2.81. The van der Waals surface area contributed by atoms with E-state index in [-0.39, 0.29) is 43.0 Å². The van der Waals surface area contributed by atoms with Crippen molar-refractivity contribution in [2.24, 2.45) is 0 Å². The van der Waals surface area contributed by atoms with Crippen LogP contribution in [0.3, 0.4) is 0 Å². The summed E-state index contributed by atoms with van der Waals surface area (Å²) in [5, 5.41) is 16.2. The quantitative estimate of drug-likeness (QED) is 0.354. The van der Waals surface area contributed by atoms with Gasteiger partial charge in [-0.05, 0) is 32.4 Å². The van der Waals surface area contributed by atoms with Crippen LogP contribution in [0, 0.1) is 10.1 Å². The molecular formula is C17H23N3O7. The molecule has 0 heterocycles. The molecule has 0 aliphatic rings. The number of anilines is 1. The van der Waals surface area contributed by atoms with Crippen LogP contribution >= 0.6 is 0 Å². The fraction of sp³-hybridized carbons (Fsp3) is 0.471. The molecule has 0 fully saturated rings. The van der Waals surface area contributed by atoms with Crippen molar-refractivity contribution in [3.8, 4) is 0 Å². The number of amides is 1. The van der Waals surface area contributed by atoms with E-state index in [1.54, 1.807) is 13.8 Å². The summed E-state index contributed by atoms with van der Waals surface area (Å²) in [5.74, 6) is -1.89. The van der Waals surface area contributed by atoms with Gasteiger partial charge in [0.1, 0.15) is 11.7 Å². The first-order chi connectivity index (χ1) is 12.8. The number of benzene rings is 1. The molecule has 0 bridgehead atoms. The molecule has 0 aliphatic heterocycles. The number of nitrogens with one attached hydrogen (secondary N) is 2. The van der Waals surface area contributed by atoms with E-state index in [4.69, 9.17) is 9.47 Å². The summed E-state index contributed by atoms with van der Waals surface area (Å²) in [6.07, 6.45) is -0.101. The standard InChI is InChI=1S/C17H23N3O7/c1-4-26-15(21)9-8-13(17(23)27-5-2)19-16(22)11-6-7-12(18-3)14(10-11)20(24)25/h6-7,10,13,18H,4-5,8-9H2,1-3H3,(H,19,22)/t13-/m1/s1. The Bertz CT molecular complexity index is 706. The SMILES string of the molecule is CCOC(=O)CC[C@@H](NC(=O)c1ccc(NC)c([N+](=O)[O-])c1)C(=O)OCC. The molecule has 0 aliphatic carbocycles. The normalized spacial score (nSPS) is 11.2. The predicted molar refractivity (Wildman–Crippen MR) is 96.4 cm³/mol. The Morgan fingerprint density at radius 3 is 2.41 bits per heavy atom. The van der Waals surface area contributed by atoms with Gasteiger partial charge in [-0.15, -0.1) is 0 Å². The molecule has 1 aromatic rings. The molecule has 1 aromatic carbocycles. The van der Waals surface area contributed by atoms with E-state index in [1.807, 2.05) is 0 Å². The first kappa shape index (κ1) is 21.9. The van der Waals surface area contributed by atoms with Crippen molar-refractivity contribution in [2.45, 2.75) is 32.7 Å². The summed E-state index contributed by atoms with van der Waals surface area (Å²) in [4.78, 5) is 46.5. The molecule has 0 saturated heterocycles. The first-order valence-electron chi connectivity index (χ1n) is 8.43. The lowest BCUT2D eigenvalue weighted by Crippen LogP contribution is -2.42. The van der Waals surface area contributed by atoms with Crippen LogP contribution in [-0.2, 0) is 19.1 Å². The molecule has 0 radical (unpaired) electrons. The smallest absolute Gasteiger partial charge is 0.328 e. The average molecular weight is 381 g/mol. The third kappa shape index (κ3) is 6.57. The lowest BCUT2D eigenvalue weighted by Gasteiger charge is -2.17. The van der Waals surface area contributed by atoms with Gasteiger partial charge in [0.05, 0.1) is 18.1 Å². The van der Waals surface area contributed by atoms with E-state index in [1.165, 1.54) is 19.2 Å². The van der Waals surface area contributed by atoms with Crippen LogP contribution < -0.4 is 10.6 Å². The van der Waals surface area contributed by atoms with Crippen LogP contribution in [0.25, 0.3) is 0 Å². The van der Waals surface area contributed by atoms with E-state index in [2.05, 4.69) is 10.6 Å². The topological polar surface area (TPSA) is 137 Å². The lowest BCUT2D eigenvalue weighted by atomic mass is 10.1. The van der Waals surface area contributed by atoms with Crippen molar-refractivity contribution in [2.75, 3.05) is 25.6 Å². The molecule has 0 saturated carbocycles. The number of nitrogens with zero attached hydrogens (tertiary/aromatic N) is 1. The molecule has 10 nitrogen and oxygen atoms in total. The maximum Gasteiger partial charge on any atom is 0.328 e. The number of nitro groups is 1. The van der Waals surface area contributed by atoms with Gasteiger partial charge in [-0.2, -0.15) is 0 Å². The van der Waals surface area contributed by atoms with E-state index in [9.17, 15) is 24.5 Å². The van der Waals surface area contributed by atoms with Crippen molar-refractivity contribution in [1.82, 2.24) is 5.32 Å². The Kier molecular flexibility index (Phi) is 8.70. The third-order valence-electron chi connectivity index (χ3n) is 3.54. The second-order valence-corrected chi connectivity index (χ2v) is 5.36. The molecule has 1 amide bonds. The zero-order valence-electron chi connectivity index (χ0n) is 15.4. The van der Waals surface area contributed by atoms with Crippen LogP contribution in [0.15, 0.2) is 18.2 Å². The van der Waals surface area contributed by atoms with E-state index in [0.29, 0.717) is 0 Å². The molecule has 1 rings (SSSR count). The molecule has 2 N–H and O–H groups in total. The third-order valence-corrected chi connectivity index (χ3v) is 3.54. The van der Waals surface area contributed by atoms with Gasteiger partial charge >= 0.3 is 11.9 Å². The van der Waals surface area contributed by atoms with Gasteiger partial charge < -0.3 is 20.1 Å². The van der Waals surface area contributed by atoms with Crippen LogP contribution in [0.5, 0.6) is 0 Å². The Balaban J connectivity index is 2.94. The predicted octanol–water partition coefficient (Wildman–Crippen LogP) is 1.64. The summed E-state index contributed by atoms with van der Waals surface area (Å²) in [5.41, 5.74) is -0.0173. The van der Waals surface area contributed by atoms with Gasteiger partial charge in [0, 0.05) is 25.1 Å². The van der Waals surface area contributed by atoms with E-state index >= 15 is 0 Å². The van der Waals surface area contributed by atoms with E-state index in [0.717, 1.165) is 6.07 Å². The first-order valence-corrected chi connectivity index (χ1v) is 8.43. The zero-order chi connectivity index (χ0) is 20.4. The minimum absolute atomic E-state index is 0.00568. The molecule has 1 atom stereocenters. The number of carbonyl (C=O) groups is 3. The van der Waals surface area contributed by atoms with E-state index < -0.39 is 28.8 Å². The Morgan fingerprint density at radius 2 is 1.85 bits per heavy atom. The molecule has 27 heavy (non-hydrogen) atoms. The molecule has 0 aromatic heterocycles. The Morgan fingerprint density at radius 1 is 1.19 bits per heavy atom. The molecular weight excluding hydrogens is 358 g/mol. The number of nitro benzene ring substituents is 1. The van der Waals surface area contributed by atoms with Gasteiger partial charge in [0.2, 0.25) is 0 Å². The summed E-state index contributed by atoms with van der Waals surface area (Å²) >= 11 is 0. The highest BCUT2D eigenvalue weighted by atomic mass is 16.6. The number of hydrogen-bond donors (Lipinski definition) is 2. The number of esters is 2. The number of rotatable bonds is 10. The maximum absolute atomic E-state index is 12.4. The fourth-order valence-electron chi connectivity index (χ4n) is 2.26. The molecule has 148 valence electrons. The zero-order valence-corrected chi connectivity index (χ0v) is 15.4. The minimum atomic E-state index is -1.08. The average Bonchev–Trinajstić information content (AvgIpc) is 2.64. The Labute approximate surface area is 156 Å². The number of ether oxygens (including phenoxy) is 2. The van der Waals surface area contributed by atoms with Gasteiger partial charge in [-0.1, -0.05) is 0 Å². The van der Waals surface area contributed by atoms with Gasteiger partial charge in [-0.3, -0.25) is 19.7 Å². The highest BCUT2D eigenvalue weighted by molar-refractivity contribution is 5.98. The fourth-order valence-corrected chi connectivity index (χ4v) is 2.26. The van der Waals surface area contributed by atoms with Gasteiger partial charge in [0.15, 0.2) is 0 Å². The monoisotopic (exact) mass is 381 g/mol. The van der Waals surface area contributed by atoms with Crippen molar-refractivity contribution < 1.29 is 28.8 Å². The summed E-state index contributed by atoms with van der Waals surface area (Å²) in [7, 11) is 1.52.